The fraction of sp³-hybridized carbons (Fsp3) is 0.364. The van der Waals surface area contributed by atoms with E-state index in [1.54, 1.807) is 12.1 Å². The Morgan fingerprint density at radius 2 is 1.07 bits per heavy atom. The Bertz CT molecular complexity index is 2360. The number of thioether (sulfide) groups is 1. The third kappa shape index (κ3) is 11.2. The highest BCUT2D eigenvalue weighted by Crippen LogP contribution is 2.38. The molecule has 0 fully saturated rings. The van der Waals surface area contributed by atoms with Crippen LogP contribution in [0.3, 0.4) is 0 Å². The second-order valence-electron chi connectivity index (χ2n) is 11.9. The van der Waals surface area contributed by atoms with Crippen molar-refractivity contribution in [3.8, 4) is 0 Å². The SMILES string of the molecule is CCN(CC)c1ccc(/N=N/c2nc(C)c(S(=O)(=O)O)s2)c(Nc2nc(Nc3cc(N(CC)CC)ccc3/N=N/c3nc(C)c(S(=O)(=O)O)s3)nc(SCCO)n2)c1. The Hall–Kier alpha value is -4.76. The minimum atomic E-state index is -4.49. The molecule has 25 heteroatoms. The molecule has 0 radical (unpaired) electrons. The summed E-state index contributed by atoms with van der Waals surface area (Å²) in [5, 5.41) is 33.4. The number of aromatic nitrogens is 5. The van der Waals surface area contributed by atoms with Crippen LogP contribution in [-0.4, -0.2) is 94.5 Å². The summed E-state index contributed by atoms with van der Waals surface area (Å²) in [4.78, 5) is 26.3. The summed E-state index contributed by atoms with van der Waals surface area (Å²) in [7, 11) is -8.98. The molecule has 0 saturated heterocycles. The van der Waals surface area contributed by atoms with Crippen molar-refractivity contribution in [3.05, 3.63) is 47.8 Å². The van der Waals surface area contributed by atoms with E-state index < -0.39 is 20.2 Å². The van der Waals surface area contributed by atoms with Gasteiger partial charge in [-0.15, -0.1) is 20.5 Å². The van der Waals surface area contributed by atoms with E-state index in [4.69, 9.17) is 0 Å². The number of aryl methyl sites for hydroxylation is 2. The van der Waals surface area contributed by atoms with Gasteiger partial charge in [-0.3, -0.25) is 9.11 Å². The molecule has 0 aliphatic rings. The van der Waals surface area contributed by atoms with Gasteiger partial charge in [-0.2, -0.15) is 31.8 Å². The lowest BCUT2D eigenvalue weighted by molar-refractivity contribution is 0.322. The molecule has 0 spiro atoms. The molecule has 0 aliphatic carbocycles. The van der Waals surface area contributed by atoms with Crippen LogP contribution in [0.4, 0.5) is 56.3 Å². The van der Waals surface area contributed by atoms with E-state index in [1.807, 2.05) is 52.0 Å². The first-order valence-electron chi connectivity index (χ1n) is 17.6. The molecular weight excluding hydrogens is 851 g/mol. The van der Waals surface area contributed by atoms with Gasteiger partial charge in [-0.1, -0.05) is 34.4 Å². The number of nitrogens with zero attached hydrogens (tertiary/aromatic N) is 11. The summed E-state index contributed by atoms with van der Waals surface area (Å²) in [6.07, 6.45) is 0. The van der Waals surface area contributed by atoms with Gasteiger partial charge in [0.1, 0.15) is 11.4 Å². The first-order chi connectivity index (χ1) is 27.6. The minimum absolute atomic E-state index is 0.0157. The lowest BCUT2D eigenvalue weighted by atomic mass is 10.2. The van der Waals surface area contributed by atoms with Crippen LogP contribution in [0.5, 0.6) is 0 Å². The molecule has 0 atom stereocenters. The van der Waals surface area contributed by atoms with Crippen LogP contribution in [0.1, 0.15) is 39.1 Å². The minimum Gasteiger partial charge on any atom is -0.396 e. The predicted molar refractivity (Wildman–Crippen MR) is 226 cm³/mol. The topological polar surface area (TPSA) is 273 Å². The molecule has 3 aromatic heterocycles. The van der Waals surface area contributed by atoms with Crippen LogP contribution >= 0.6 is 34.4 Å². The third-order valence-corrected chi connectivity index (χ3v) is 13.9. The van der Waals surface area contributed by atoms with Crippen LogP contribution in [0.25, 0.3) is 0 Å². The van der Waals surface area contributed by atoms with Gasteiger partial charge in [0.2, 0.25) is 22.2 Å². The Morgan fingerprint density at radius 1 is 0.655 bits per heavy atom. The molecule has 2 aromatic carbocycles. The molecule has 0 saturated carbocycles. The maximum Gasteiger partial charge on any atom is 0.306 e. The Labute approximate surface area is 347 Å². The number of benzene rings is 2. The normalized spacial score (nSPS) is 12.2. The van der Waals surface area contributed by atoms with E-state index in [2.05, 4.69) is 65.8 Å². The molecule has 0 amide bonds. The summed E-state index contributed by atoms with van der Waals surface area (Å²) in [6.45, 7) is 13.7. The Balaban J connectivity index is 1.57. The zero-order valence-corrected chi connectivity index (χ0v) is 36.2. The van der Waals surface area contributed by atoms with E-state index >= 15 is 0 Å². The number of rotatable bonds is 19. The summed E-state index contributed by atoms with van der Waals surface area (Å²) in [5.74, 6) is 0.488. The highest BCUT2D eigenvalue weighted by atomic mass is 32.3. The zero-order valence-electron chi connectivity index (χ0n) is 32.1. The van der Waals surface area contributed by atoms with E-state index in [9.17, 15) is 31.0 Å². The number of thiazole rings is 2. The van der Waals surface area contributed by atoms with Crippen molar-refractivity contribution >= 4 is 111 Å². The second kappa shape index (κ2) is 19.3. The molecule has 3 heterocycles. The average molecular weight is 892 g/mol. The van der Waals surface area contributed by atoms with E-state index in [0.29, 0.717) is 71.6 Å². The largest absolute Gasteiger partial charge is 0.396 e. The number of hydrogen-bond donors (Lipinski definition) is 5. The van der Waals surface area contributed by atoms with Crippen LogP contribution in [0.2, 0.25) is 0 Å². The summed E-state index contributed by atoms with van der Waals surface area (Å²) >= 11 is 2.54. The zero-order chi connectivity index (χ0) is 42.2. The standard InChI is InChI=1S/C33H41N13O7S5/c1-7-45(8-2)21-11-13-23(41-43-32-34-19(5)27(55-32)57(48,49)50)25(17-21)36-29-38-30(40-31(39-29)54-16-15-47)37-26-18-22(46(9-3)10-4)12-14-24(26)42-44-33-35-20(6)28(56-33)58(51,52)53/h11-14,17-18,47H,7-10,15-16H2,1-6H3,(H,48,49,50)(H,51,52,53)(H2,36,37,38,39,40)/b43-41+,44-42+. The molecule has 0 aliphatic heterocycles. The van der Waals surface area contributed by atoms with Gasteiger partial charge in [-0.25, -0.2) is 9.97 Å². The number of nitrogens with one attached hydrogen (secondary N) is 2. The van der Waals surface area contributed by atoms with Gasteiger partial charge < -0.3 is 25.5 Å². The van der Waals surface area contributed by atoms with Gasteiger partial charge in [0.15, 0.2) is 13.6 Å². The van der Waals surface area contributed by atoms with Gasteiger partial charge in [-0.05, 0) is 77.9 Å². The van der Waals surface area contributed by atoms with Gasteiger partial charge in [0, 0.05) is 43.3 Å². The molecule has 0 unspecified atom stereocenters. The van der Waals surface area contributed by atoms with E-state index in [-0.39, 0.29) is 59.5 Å². The number of aliphatic hydroxyl groups excluding tert-OH is 1. The average Bonchev–Trinajstić information content (AvgIpc) is 3.76. The quantitative estimate of drug-likeness (QED) is 0.0298. The van der Waals surface area contributed by atoms with Crippen LogP contribution in [0, 0.1) is 13.8 Å². The highest BCUT2D eigenvalue weighted by Gasteiger charge is 2.21. The van der Waals surface area contributed by atoms with Crippen molar-refractivity contribution in [1.29, 1.82) is 0 Å². The van der Waals surface area contributed by atoms with Crippen molar-refractivity contribution in [2.75, 3.05) is 59.0 Å². The second-order valence-corrected chi connectivity index (χ2v) is 18.2. The molecule has 0 bridgehead atoms. The van der Waals surface area contributed by atoms with Crippen molar-refractivity contribution in [2.45, 2.75) is 55.1 Å². The monoisotopic (exact) mass is 891 g/mol. The third-order valence-electron chi connectivity index (χ3n) is 8.09. The fourth-order valence-electron chi connectivity index (χ4n) is 5.40. The lowest BCUT2D eigenvalue weighted by Gasteiger charge is -2.22. The Morgan fingerprint density at radius 3 is 1.41 bits per heavy atom. The fourth-order valence-corrected chi connectivity index (χ4v) is 9.35. The molecule has 310 valence electrons. The van der Waals surface area contributed by atoms with Crippen LogP contribution in [0.15, 0.2) is 70.4 Å². The van der Waals surface area contributed by atoms with Crippen molar-refractivity contribution < 1.29 is 31.0 Å². The van der Waals surface area contributed by atoms with Crippen molar-refractivity contribution in [3.63, 3.8) is 0 Å². The molecule has 5 N–H and O–H groups in total. The van der Waals surface area contributed by atoms with Gasteiger partial charge >= 0.3 is 20.2 Å². The molecular formula is C33H41N13O7S5. The Kier molecular flexibility index (Phi) is 14.8. The first-order valence-corrected chi connectivity index (χ1v) is 23.1. The molecule has 5 rings (SSSR count). The van der Waals surface area contributed by atoms with Gasteiger partial charge in [0.05, 0.1) is 29.4 Å². The van der Waals surface area contributed by atoms with Crippen molar-refractivity contribution in [1.82, 2.24) is 24.9 Å². The smallest absolute Gasteiger partial charge is 0.306 e. The summed E-state index contributed by atoms with van der Waals surface area (Å²) in [6, 6.07) is 10.9. The molecule has 5 aromatic rings. The number of anilines is 6. The number of aliphatic hydroxyl groups is 1. The van der Waals surface area contributed by atoms with Crippen LogP contribution in [-0.2, 0) is 20.2 Å². The molecule has 58 heavy (non-hydrogen) atoms. The van der Waals surface area contributed by atoms with E-state index in [1.165, 1.54) is 25.6 Å². The summed E-state index contributed by atoms with van der Waals surface area (Å²) < 4.78 is 65.6. The first kappa shape index (κ1) is 44.3. The van der Waals surface area contributed by atoms with E-state index in [0.717, 1.165) is 11.4 Å². The summed E-state index contributed by atoms with van der Waals surface area (Å²) in [5.41, 5.74) is 3.44. The predicted octanol–water partition coefficient (Wildman–Crippen LogP) is 7.99. The maximum absolute atomic E-state index is 11.8. The van der Waals surface area contributed by atoms with Crippen molar-refractivity contribution in [2.24, 2.45) is 20.5 Å². The molecule has 20 nitrogen and oxygen atoms in total. The van der Waals surface area contributed by atoms with Gasteiger partial charge in [0.25, 0.3) is 0 Å². The maximum atomic E-state index is 11.8. The highest BCUT2D eigenvalue weighted by molar-refractivity contribution is 7.99. The number of hydrogen-bond acceptors (Lipinski definition) is 21. The van der Waals surface area contributed by atoms with Crippen LogP contribution < -0.4 is 20.4 Å². The number of azo groups is 2. The lowest BCUT2D eigenvalue weighted by Crippen LogP contribution is -2.21.